The molecule has 0 unspecified atom stereocenters. The number of hydrogen-bond donors (Lipinski definition) is 4. The van der Waals surface area contributed by atoms with Crippen LogP contribution in [-0.4, -0.2) is 96.0 Å². The van der Waals surface area contributed by atoms with E-state index in [0.717, 1.165) is 24.8 Å². The molecule has 50 heavy (non-hydrogen) atoms. The van der Waals surface area contributed by atoms with Crippen LogP contribution in [0.25, 0.3) is 22.5 Å². The van der Waals surface area contributed by atoms with Gasteiger partial charge in [-0.25, -0.2) is 9.59 Å². The second kappa shape index (κ2) is 14.0. The van der Waals surface area contributed by atoms with Gasteiger partial charge in [-0.15, -0.1) is 0 Å². The number of nitrogens with zero attached hydrogens (tertiary/aromatic N) is 5. The summed E-state index contributed by atoms with van der Waals surface area (Å²) in [4.78, 5) is 56.8. The number of carbonyl (C=O) groups excluding carboxylic acids is 3. The Morgan fingerprint density at radius 1 is 1.06 bits per heavy atom. The second-order valence-electron chi connectivity index (χ2n) is 14.2. The van der Waals surface area contributed by atoms with Gasteiger partial charge >= 0.3 is 12.1 Å². The summed E-state index contributed by atoms with van der Waals surface area (Å²) in [5, 5.41) is 32.3. The lowest BCUT2D eigenvalue weighted by Crippen LogP contribution is -2.56. The number of hydrogen-bond acceptors (Lipinski definition) is 9. The summed E-state index contributed by atoms with van der Waals surface area (Å²) in [5.41, 5.74) is 0.345. The molecular weight excluding hydrogens is 644 g/mol. The number of amides is 3. The van der Waals surface area contributed by atoms with Crippen molar-refractivity contribution in [1.82, 2.24) is 40.7 Å². The van der Waals surface area contributed by atoms with E-state index in [0.29, 0.717) is 35.5 Å². The Morgan fingerprint density at radius 2 is 1.80 bits per heavy atom. The van der Waals surface area contributed by atoms with Crippen LogP contribution in [0.15, 0.2) is 48.8 Å². The van der Waals surface area contributed by atoms with Crippen molar-refractivity contribution in [2.75, 3.05) is 13.7 Å². The van der Waals surface area contributed by atoms with Gasteiger partial charge in [0, 0.05) is 36.2 Å². The maximum absolute atomic E-state index is 14.4. The van der Waals surface area contributed by atoms with Gasteiger partial charge in [-0.3, -0.25) is 14.7 Å². The van der Waals surface area contributed by atoms with Gasteiger partial charge in [-0.05, 0) is 70.7 Å². The average molecular weight is 689 g/mol. The van der Waals surface area contributed by atoms with Gasteiger partial charge in [0.2, 0.25) is 11.8 Å². The maximum Gasteiger partial charge on any atom is 0.408 e. The van der Waals surface area contributed by atoms with Gasteiger partial charge < -0.3 is 30.1 Å². The third-order valence-corrected chi connectivity index (χ3v) is 9.42. The zero-order valence-electron chi connectivity index (χ0n) is 28.7. The molecule has 0 bridgehead atoms. The van der Waals surface area contributed by atoms with Gasteiger partial charge in [-0.1, -0.05) is 25.0 Å². The molecule has 3 amide bonds. The van der Waals surface area contributed by atoms with Crippen LogP contribution in [0.4, 0.5) is 4.79 Å². The smallest absolute Gasteiger partial charge is 0.408 e. The monoisotopic (exact) mass is 688 g/mol. The Balaban J connectivity index is 1.35. The minimum absolute atomic E-state index is 0.0500. The van der Waals surface area contributed by atoms with E-state index >= 15 is 0 Å². The number of allylic oxidation sites excluding steroid dienone is 1. The highest BCUT2D eigenvalue weighted by atomic mass is 16.6. The summed E-state index contributed by atoms with van der Waals surface area (Å²) in [6, 6.07) is 4.80. The number of H-pyrrole nitrogens is 1. The van der Waals surface area contributed by atoms with E-state index in [4.69, 9.17) is 19.7 Å². The molecule has 1 saturated heterocycles. The van der Waals surface area contributed by atoms with E-state index in [9.17, 15) is 24.3 Å². The number of fused-ring (bicyclic) bond motifs is 2. The molecule has 15 heteroatoms. The number of aromatic nitrogens is 5. The maximum atomic E-state index is 14.4. The Labute approximate surface area is 289 Å². The standard InChI is InChI=1S/C35H44N8O7/c1-34(2,3)50-33(48)38-26-11-9-7-5-6-8-10-23-17-35(23,32(46)47)39-30(44)27-16-24(20-42(27)31(26)45)43-40-28(21-12-14-25(49-4)15-13-21)29(41-43)22-18-36-37-19-22/h8,10,12-15,18-19,23-24,26-27H,5-7,9,11,16-17,20H2,1-4H3,(H,36,37)(H,38,48)(H,39,44)(H,46,47)/b10-8-/t23-,24+,26+,27+,35+/m1/s1. The third kappa shape index (κ3) is 7.36. The van der Waals surface area contributed by atoms with Gasteiger partial charge in [0.15, 0.2) is 0 Å². The molecule has 3 aromatic rings. The van der Waals surface area contributed by atoms with Gasteiger partial charge in [-0.2, -0.15) is 20.1 Å². The fourth-order valence-corrected chi connectivity index (χ4v) is 6.70. The number of carboxylic acids is 1. The number of alkyl carbamates (subject to hydrolysis) is 1. The molecule has 0 radical (unpaired) electrons. The minimum Gasteiger partial charge on any atom is -0.497 e. The molecule has 266 valence electrons. The molecule has 1 saturated carbocycles. The number of ether oxygens (including phenoxy) is 2. The average Bonchev–Trinajstić information content (AvgIpc) is 3.52. The van der Waals surface area contributed by atoms with E-state index in [1.54, 1.807) is 40.3 Å². The van der Waals surface area contributed by atoms with Crippen LogP contribution in [0.2, 0.25) is 0 Å². The van der Waals surface area contributed by atoms with Crippen LogP contribution in [0.1, 0.15) is 71.8 Å². The summed E-state index contributed by atoms with van der Waals surface area (Å²) in [7, 11) is 1.59. The zero-order valence-corrected chi connectivity index (χ0v) is 28.7. The molecule has 1 aliphatic carbocycles. The van der Waals surface area contributed by atoms with Gasteiger partial charge in [0.05, 0.1) is 19.3 Å². The first-order valence-corrected chi connectivity index (χ1v) is 17.0. The lowest BCUT2D eigenvalue weighted by atomic mass is 10.0. The number of aliphatic carboxylic acids is 1. The molecule has 6 rings (SSSR count). The molecule has 4 N–H and O–H groups in total. The Morgan fingerprint density at radius 3 is 2.46 bits per heavy atom. The Bertz CT molecular complexity index is 1750. The van der Waals surface area contributed by atoms with Gasteiger partial charge in [0.25, 0.3) is 0 Å². The molecule has 2 aromatic heterocycles. The normalized spacial score (nSPS) is 26.4. The number of aromatic amines is 1. The van der Waals surface area contributed by atoms with Crippen LogP contribution in [0, 0.1) is 5.92 Å². The molecule has 4 heterocycles. The molecular formula is C35H44N8O7. The van der Waals surface area contributed by atoms with E-state index in [2.05, 4.69) is 20.8 Å². The third-order valence-electron chi connectivity index (χ3n) is 9.42. The van der Waals surface area contributed by atoms with Crippen molar-refractivity contribution in [1.29, 1.82) is 0 Å². The Hall–Kier alpha value is -5.21. The molecule has 2 fully saturated rings. The number of benzene rings is 1. The van der Waals surface area contributed by atoms with E-state index in [1.807, 2.05) is 36.4 Å². The molecule has 15 nitrogen and oxygen atoms in total. The zero-order chi connectivity index (χ0) is 35.6. The quantitative estimate of drug-likeness (QED) is 0.276. The minimum atomic E-state index is -1.45. The van der Waals surface area contributed by atoms with Crippen LogP contribution in [0.3, 0.4) is 0 Å². The molecule has 3 aliphatic rings. The largest absolute Gasteiger partial charge is 0.497 e. The number of carbonyl (C=O) groups is 4. The van der Waals surface area contributed by atoms with Crippen molar-refractivity contribution >= 4 is 23.9 Å². The van der Waals surface area contributed by atoms with Crippen molar-refractivity contribution in [3.8, 4) is 28.3 Å². The van der Waals surface area contributed by atoms with E-state index < -0.39 is 53.1 Å². The fraction of sp³-hybridized carbons (Fsp3) is 0.514. The van der Waals surface area contributed by atoms with Crippen LogP contribution >= 0.6 is 0 Å². The first-order chi connectivity index (χ1) is 23.9. The molecule has 0 spiro atoms. The van der Waals surface area contributed by atoms with Crippen molar-refractivity contribution in [3.63, 3.8) is 0 Å². The van der Waals surface area contributed by atoms with E-state index in [1.165, 1.54) is 9.70 Å². The predicted octanol–water partition coefficient (Wildman–Crippen LogP) is 3.86. The summed E-state index contributed by atoms with van der Waals surface area (Å²) >= 11 is 0. The van der Waals surface area contributed by atoms with Crippen molar-refractivity contribution in [2.24, 2.45) is 5.92 Å². The first kappa shape index (κ1) is 34.6. The van der Waals surface area contributed by atoms with Crippen molar-refractivity contribution in [2.45, 2.75) is 95.0 Å². The SMILES string of the molecule is COc1ccc(-c2nn([C@H]3C[C@H]4C(=O)N[C@@]5(C(=O)O)C[C@H]5/C=C\CCCCC[C@H](NC(=O)OC(C)(C)C)C(=O)N4C3)nc2-c2cn[nH]c2)cc1. The summed E-state index contributed by atoms with van der Waals surface area (Å²) in [5.74, 6) is -1.83. The number of rotatable bonds is 6. The highest BCUT2D eigenvalue weighted by Gasteiger charge is 2.61. The predicted molar refractivity (Wildman–Crippen MR) is 181 cm³/mol. The summed E-state index contributed by atoms with van der Waals surface area (Å²) < 4.78 is 10.8. The highest BCUT2D eigenvalue weighted by molar-refractivity contribution is 5.96. The lowest BCUT2D eigenvalue weighted by Gasteiger charge is -2.30. The molecule has 2 aliphatic heterocycles. The number of nitrogens with one attached hydrogen (secondary N) is 3. The summed E-state index contributed by atoms with van der Waals surface area (Å²) in [6.07, 6.45) is 10.2. The fourth-order valence-electron chi connectivity index (χ4n) is 6.70. The topological polar surface area (TPSA) is 194 Å². The Kier molecular flexibility index (Phi) is 9.67. The number of methoxy groups -OCH3 is 1. The van der Waals surface area contributed by atoms with E-state index in [-0.39, 0.29) is 25.3 Å². The van der Waals surface area contributed by atoms with Crippen LogP contribution in [-0.2, 0) is 19.1 Å². The van der Waals surface area contributed by atoms with Crippen LogP contribution < -0.4 is 15.4 Å². The highest BCUT2D eigenvalue weighted by Crippen LogP contribution is 2.45. The second-order valence-corrected chi connectivity index (χ2v) is 14.2. The number of carboxylic acid groups (broad SMARTS) is 1. The lowest BCUT2D eigenvalue weighted by molar-refractivity contribution is -0.145. The first-order valence-electron chi connectivity index (χ1n) is 17.0. The van der Waals surface area contributed by atoms with Gasteiger partial charge in [0.1, 0.15) is 40.4 Å². The summed E-state index contributed by atoms with van der Waals surface area (Å²) in [6.45, 7) is 5.27. The van der Waals surface area contributed by atoms with Crippen LogP contribution in [0.5, 0.6) is 5.75 Å². The van der Waals surface area contributed by atoms with Crippen molar-refractivity contribution in [3.05, 3.63) is 48.8 Å². The van der Waals surface area contributed by atoms with Crippen molar-refractivity contribution < 1.29 is 33.8 Å². The molecule has 1 aromatic carbocycles. The molecule has 5 atom stereocenters.